The number of aliphatic hydroxyl groups excluding tert-OH is 2. The first-order valence-corrected chi connectivity index (χ1v) is 6.58. The van der Waals surface area contributed by atoms with Crippen LogP contribution in [0.5, 0.6) is 0 Å². The van der Waals surface area contributed by atoms with E-state index in [0.717, 1.165) is 6.42 Å². The van der Waals surface area contributed by atoms with Gasteiger partial charge in [-0.2, -0.15) is 0 Å². The molecule has 1 aliphatic heterocycles. The van der Waals surface area contributed by atoms with E-state index in [1.807, 2.05) is 0 Å². The van der Waals surface area contributed by atoms with Crippen molar-refractivity contribution in [2.24, 2.45) is 0 Å². The van der Waals surface area contributed by atoms with Gasteiger partial charge >= 0.3 is 0 Å². The molecule has 1 fully saturated rings. The lowest BCUT2D eigenvalue weighted by molar-refractivity contribution is -0.110. The molecule has 3 rings (SSSR count). The molecule has 4 N–H and O–H groups in total. The minimum atomic E-state index is -0.653. The average Bonchev–Trinajstić information content (AvgIpc) is 2.79. The first kappa shape index (κ1) is 13.2. The number of hydrogen-bond donors (Lipinski definition) is 3. The van der Waals surface area contributed by atoms with E-state index in [9.17, 15) is 10.2 Å². The topological polar surface area (TPSA) is 119 Å². The Hall–Kier alpha value is -1.77. The average molecular weight is 279 g/mol. The zero-order valence-electron chi connectivity index (χ0n) is 10.9. The molecule has 0 amide bonds. The quantitative estimate of drug-likeness (QED) is 0.698. The van der Waals surface area contributed by atoms with Crippen LogP contribution in [0.3, 0.4) is 0 Å². The zero-order valence-corrected chi connectivity index (χ0v) is 10.9. The summed E-state index contributed by atoms with van der Waals surface area (Å²) < 4.78 is 7.56. The number of aromatic nitrogens is 4. The smallest absolute Gasteiger partial charge is 0.167 e. The lowest BCUT2D eigenvalue weighted by atomic mass is 10.1. The van der Waals surface area contributed by atoms with Crippen LogP contribution >= 0.6 is 0 Å². The monoisotopic (exact) mass is 279 g/mol. The molecule has 0 spiro atoms. The van der Waals surface area contributed by atoms with E-state index >= 15 is 0 Å². The predicted molar refractivity (Wildman–Crippen MR) is 70.6 cm³/mol. The summed E-state index contributed by atoms with van der Waals surface area (Å²) in [5.74, 6) is 0.320. The summed E-state index contributed by atoms with van der Waals surface area (Å²) in [5, 5.41) is 19.2. The van der Waals surface area contributed by atoms with E-state index in [0.29, 0.717) is 29.8 Å². The third-order valence-electron chi connectivity index (χ3n) is 3.59. The first-order valence-electron chi connectivity index (χ1n) is 6.58. The highest BCUT2D eigenvalue weighted by Crippen LogP contribution is 2.28. The van der Waals surface area contributed by atoms with Gasteiger partial charge in [0.05, 0.1) is 19.0 Å². The second kappa shape index (κ2) is 5.31. The van der Waals surface area contributed by atoms with Crippen molar-refractivity contribution in [3.05, 3.63) is 12.7 Å². The molecular weight excluding hydrogens is 262 g/mol. The van der Waals surface area contributed by atoms with Gasteiger partial charge in [0.15, 0.2) is 11.5 Å². The van der Waals surface area contributed by atoms with Crippen molar-refractivity contribution in [3.63, 3.8) is 0 Å². The fourth-order valence-corrected chi connectivity index (χ4v) is 2.50. The second-order valence-corrected chi connectivity index (χ2v) is 4.89. The van der Waals surface area contributed by atoms with Crippen LogP contribution in [-0.2, 0) is 4.74 Å². The van der Waals surface area contributed by atoms with Crippen LogP contribution in [0.4, 0.5) is 5.82 Å². The Labute approximate surface area is 115 Å². The molecular formula is C12H17N5O3. The maximum atomic E-state index is 9.87. The van der Waals surface area contributed by atoms with Crippen molar-refractivity contribution < 1.29 is 14.9 Å². The Morgan fingerprint density at radius 1 is 1.35 bits per heavy atom. The minimum Gasteiger partial charge on any atom is -0.394 e. The summed E-state index contributed by atoms with van der Waals surface area (Å²) >= 11 is 0. The van der Waals surface area contributed by atoms with Gasteiger partial charge in [0, 0.05) is 0 Å². The zero-order chi connectivity index (χ0) is 14.1. The van der Waals surface area contributed by atoms with Gasteiger partial charge in [-0.3, -0.25) is 4.57 Å². The van der Waals surface area contributed by atoms with Gasteiger partial charge in [-0.1, -0.05) is 0 Å². The van der Waals surface area contributed by atoms with Crippen molar-refractivity contribution in [2.45, 2.75) is 37.7 Å². The molecule has 108 valence electrons. The van der Waals surface area contributed by atoms with Crippen molar-refractivity contribution >= 4 is 17.0 Å². The first-order chi connectivity index (χ1) is 9.70. The number of rotatable bonds is 2. The number of ether oxygens (including phenoxy) is 1. The summed E-state index contributed by atoms with van der Waals surface area (Å²) in [6, 6.07) is 0. The Kier molecular flexibility index (Phi) is 3.51. The maximum absolute atomic E-state index is 9.87. The molecule has 3 heterocycles. The van der Waals surface area contributed by atoms with Gasteiger partial charge < -0.3 is 20.7 Å². The minimum absolute atomic E-state index is 0.221. The van der Waals surface area contributed by atoms with Crippen molar-refractivity contribution in [1.29, 1.82) is 0 Å². The van der Waals surface area contributed by atoms with Crippen LogP contribution in [0, 0.1) is 0 Å². The summed E-state index contributed by atoms with van der Waals surface area (Å²) in [4.78, 5) is 12.3. The Bertz CT molecular complexity index is 602. The van der Waals surface area contributed by atoms with Crippen LogP contribution in [0.15, 0.2) is 12.7 Å². The molecule has 0 saturated carbocycles. The predicted octanol–water partition coefficient (Wildman–Crippen LogP) is -0.171. The molecule has 2 aromatic heterocycles. The molecule has 0 aromatic carbocycles. The molecule has 3 atom stereocenters. The molecule has 8 heteroatoms. The third kappa shape index (κ3) is 2.21. The Morgan fingerprint density at radius 2 is 2.20 bits per heavy atom. The van der Waals surface area contributed by atoms with Crippen molar-refractivity contribution in [1.82, 2.24) is 19.5 Å². The number of aliphatic hydroxyl groups is 2. The number of nitrogens with zero attached hydrogens (tertiary/aromatic N) is 4. The van der Waals surface area contributed by atoms with Crippen LogP contribution in [0.2, 0.25) is 0 Å². The van der Waals surface area contributed by atoms with Gasteiger partial charge in [0.1, 0.15) is 24.2 Å². The third-order valence-corrected chi connectivity index (χ3v) is 3.59. The largest absolute Gasteiger partial charge is 0.394 e. The molecule has 1 saturated heterocycles. The molecule has 0 bridgehead atoms. The molecule has 1 aliphatic rings. The van der Waals surface area contributed by atoms with Crippen LogP contribution in [-0.4, -0.2) is 48.5 Å². The van der Waals surface area contributed by atoms with E-state index in [1.165, 1.54) is 6.33 Å². The van der Waals surface area contributed by atoms with Gasteiger partial charge in [-0.05, 0) is 19.3 Å². The molecule has 2 aromatic rings. The fourth-order valence-electron chi connectivity index (χ4n) is 2.50. The fraction of sp³-hybridized carbons (Fsp3) is 0.583. The number of nitrogen functional groups attached to an aromatic ring is 1. The maximum Gasteiger partial charge on any atom is 0.167 e. The number of fused-ring (bicyclic) bond motifs is 1. The second-order valence-electron chi connectivity index (χ2n) is 4.89. The molecule has 0 radical (unpaired) electrons. The van der Waals surface area contributed by atoms with Crippen LogP contribution in [0.25, 0.3) is 11.2 Å². The summed E-state index contributed by atoms with van der Waals surface area (Å²) in [6.45, 7) is -0.221. The van der Waals surface area contributed by atoms with E-state index in [-0.39, 0.29) is 12.8 Å². The van der Waals surface area contributed by atoms with Crippen LogP contribution < -0.4 is 5.73 Å². The lowest BCUT2D eigenvalue weighted by Gasteiger charge is -2.23. The summed E-state index contributed by atoms with van der Waals surface area (Å²) in [6.07, 6.45) is 3.51. The van der Waals surface area contributed by atoms with Crippen molar-refractivity contribution in [2.75, 3.05) is 12.3 Å². The highest BCUT2D eigenvalue weighted by molar-refractivity contribution is 5.81. The molecule has 8 nitrogen and oxygen atoms in total. The number of anilines is 1. The van der Waals surface area contributed by atoms with Gasteiger partial charge in [-0.15, -0.1) is 0 Å². The van der Waals surface area contributed by atoms with Gasteiger partial charge in [0.2, 0.25) is 0 Å². The van der Waals surface area contributed by atoms with Crippen molar-refractivity contribution in [3.8, 4) is 0 Å². The van der Waals surface area contributed by atoms with E-state index in [1.54, 1.807) is 10.9 Å². The Balaban J connectivity index is 1.96. The standard InChI is InChI=1S/C12H17N5O3/c13-11-10-12(15-5-14-11)17(6-16-10)9-3-1-2-7(19)8(4-18)20-9/h5-9,18-19H,1-4H2,(H2,13,14,15)/t7-,8+,9-/m0/s1. The molecule has 0 aliphatic carbocycles. The van der Waals surface area contributed by atoms with Gasteiger partial charge in [0.25, 0.3) is 0 Å². The van der Waals surface area contributed by atoms with Crippen LogP contribution in [0.1, 0.15) is 25.5 Å². The lowest BCUT2D eigenvalue weighted by Crippen LogP contribution is -2.32. The van der Waals surface area contributed by atoms with E-state index in [2.05, 4.69) is 15.0 Å². The summed E-state index contributed by atoms with van der Waals surface area (Å²) in [7, 11) is 0. The number of nitrogens with two attached hydrogens (primary N) is 1. The molecule has 0 unspecified atom stereocenters. The van der Waals surface area contributed by atoms with E-state index in [4.69, 9.17) is 10.5 Å². The normalized spacial score (nSPS) is 27.6. The number of hydrogen-bond acceptors (Lipinski definition) is 7. The van der Waals surface area contributed by atoms with Gasteiger partial charge in [-0.25, -0.2) is 15.0 Å². The molecule has 20 heavy (non-hydrogen) atoms. The van der Waals surface area contributed by atoms with E-state index < -0.39 is 12.2 Å². The number of imidazole rings is 1. The SMILES string of the molecule is Nc1ncnc2c1ncn2[C@@H]1CCC[C@H](O)[C@@H](CO)O1. The summed E-state index contributed by atoms with van der Waals surface area (Å²) in [5.41, 5.74) is 6.88. The highest BCUT2D eigenvalue weighted by atomic mass is 16.5. The Morgan fingerprint density at radius 3 is 3.00 bits per heavy atom. The highest BCUT2D eigenvalue weighted by Gasteiger charge is 2.29.